The summed E-state index contributed by atoms with van der Waals surface area (Å²) in [6.07, 6.45) is 1.66. The molecule has 0 unspecified atom stereocenters. The molecule has 0 aliphatic heterocycles. The molecule has 2 aromatic heterocycles. The van der Waals surface area contributed by atoms with Crippen LogP contribution in [0.1, 0.15) is 16.8 Å². The Morgan fingerprint density at radius 2 is 1.91 bits per heavy atom. The van der Waals surface area contributed by atoms with Crippen LogP contribution in [0.4, 0.5) is 4.39 Å². The summed E-state index contributed by atoms with van der Waals surface area (Å²) >= 11 is 0. The number of hydrogen-bond donors (Lipinski definition) is 1. The number of nitrogens with one attached hydrogen (secondary N) is 1. The van der Waals surface area contributed by atoms with Gasteiger partial charge in [-0.3, -0.25) is 14.6 Å². The van der Waals surface area contributed by atoms with Crippen molar-refractivity contribution < 1.29 is 13.9 Å². The second kappa shape index (κ2) is 9.43. The fraction of sp³-hybridized carbons (Fsp3) is 0.160. The van der Waals surface area contributed by atoms with E-state index in [0.717, 1.165) is 16.6 Å². The van der Waals surface area contributed by atoms with Gasteiger partial charge in [-0.1, -0.05) is 24.3 Å². The van der Waals surface area contributed by atoms with Gasteiger partial charge in [0.1, 0.15) is 11.6 Å². The molecule has 0 spiro atoms. The average molecular weight is 431 g/mol. The van der Waals surface area contributed by atoms with E-state index < -0.39 is 0 Å². The highest BCUT2D eigenvalue weighted by Gasteiger charge is 2.11. The topological polar surface area (TPSA) is 73.2 Å². The lowest BCUT2D eigenvalue weighted by Crippen LogP contribution is -2.28. The first-order chi connectivity index (χ1) is 15.5. The third-order valence-electron chi connectivity index (χ3n) is 5.14. The van der Waals surface area contributed by atoms with Gasteiger partial charge in [0.2, 0.25) is 0 Å². The molecule has 2 heterocycles. The van der Waals surface area contributed by atoms with E-state index in [1.165, 1.54) is 16.7 Å². The molecule has 32 heavy (non-hydrogen) atoms. The van der Waals surface area contributed by atoms with E-state index in [4.69, 9.17) is 4.74 Å². The van der Waals surface area contributed by atoms with Gasteiger partial charge in [0.25, 0.3) is 11.5 Å². The molecule has 0 atom stereocenters. The van der Waals surface area contributed by atoms with Crippen molar-refractivity contribution in [1.29, 1.82) is 0 Å². The molecule has 0 radical (unpaired) electrons. The van der Waals surface area contributed by atoms with E-state index in [9.17, 15) is 14.0 Å². The molecule has 0 fully saturated rings. The van der Waals surface area contributed by atoms with Crippen LogP contribution in [0.2, 0.25) is 0 Å². The number of benzene rings is 2. The molecular weight excluding hydrogens is 409 g/mol. The van der Waals surface area contributed by atoms with Gasteiger partial charge in [-0.2, -0.15) is 0 Å². The highest BCUT2D eigenvalue weighted by molar-refractivity contribution is 5.84. The van der Waals surface area contributed by atoms with Crippen LogP contribution in [0.3, 0.4) is 0 Å². The van der Waals surface area contributed by atoms with Crippen LogP contribution in [0.15, 0.2) is 77.7 Å². The van der Waals surface area contributed by atoms with Gasteiger partial charge in [-0.25, -0.2) is 4.39 Å². The number of aromatic nitrogens is 2. The lowest BCUT2D eigenvalue weighted by Gasteiger charge is -2.14. The first-order valence-corrected chi connectivity index (χ1v) is 10.2. The Morgan fingerprint density at radius 3 is 2.69 bits per heavy atom. The van der Waals surface area contributed by atoms with Gasteiger partial charge < -0.3 is 14.6 Å². The Hall–Kier alpha value is -4.00. The van der Waals surface area contributed by atoms with Gasteiger partial charge in [0.15, 0.2) is 6.61 Å². The summed E-state index contributed by atoms with van der Waals surface area (Å²) in [5, 5.41) is 3.61. The van der Waals surface area contributed by atoms with Crippen molar-refractivity contribution in [3.05, 3.63) is 106 Å². The number of fused-ring (bicyclic) bond motifs is 1. The summed E-state index contributed by atoms with van der Waals surface area (Å²) in [5.74, 6) is -0.216. The zero-order valence-corrected chi connectivity index (χ0v) is 17.5. The van der Waals surface area contributed by atoms with E-state index in [2.05, 4.69) is 10.3 Å². The van der Waals surface area contributed by atoms with Gasteiger partial charge >= 0.3 is 0 Å². The van der Waals surface area contributed by atoms with Gasteiger partial charge in [0, 0.05) is 29.3 Å². The molecule has 1 N–H and O–H groups in total. The number of hydrogen-bond acceptors (Lipinski definition) is 4. The molecular formula is C25H22FN3O3. The van der Waals surface area contributed by atoms with E-state index in [1.54, 1.807) is 36.5 Å². The fourth-order valence-corrected chi connectivity index (χ4v) is 3.47. The molecule has 1 amide bonds. The Balaban J connectivity index is 1.54. The van der Waals surface area contributed by atoms with Crippen molar-refractivity contribution in [2.24, 2.45) is 0 Å². The molecule has 0 saturated heterocycles. The van der Waals surface area contributed by atoms with E-state index in [0.29, 0.717) is 23.4 Å². The molecule has 0 bridgehead atoms. The molecule has 4 aromatic rings. The first-order valence-electron chi connectivity index (χ1n) is 10.2. The number of carbonyl (C=O) groups is 1. The van der Waals surface area contributed by atoms with Crippen LogP contribution in [0.5, 0.6) is 5.75 Å². The van der Waals surface area contributed by atoms with Gasteiger partial charge in [0.05, 0.1) is 24.3 Å². The lowest BCUT2D eigenvalue weighted by molar-refractivity contribution is -0.123. The molecule has 6 nitrogen and oxygen atoms in total. The number of carbonyl (C=O) groups excluding carboxylic acids is 1. The molecule has 0 aliphatic carbocycles. The largest absolute Gasteiger partial charge is 0.484 e. The minimum atomic E-state index is -0.370. The molecule has 2 aromatic carbocycles. The standard InChI is InChI=1S/C25H22FN3O3/c1-17-12-25(31)29(15-18-6-2-3-8-22(18)26)23-13-20(9-10-21(17)23)32-16-24(30)28-14-19-7-4-5-11-27-19/h2-13H,14-16H2,1H3,(H,28,30). The second-order valence-electron chi connectivity index (χ2n) is 7.41. The predicted octanol–water partition coefficient (Wildman–Crippen LogP) is 3.59. The van der Waals surface area contributed by atoms with Crippen LogP contribution < -0.4 is 15.6 Å². The average Bonchev–Trinajstić information content (AvgIpc) is 2.80. The number of pyridine rings is 2. The van der Waals surface area contributed by atoms with Crippen molar-refractivity contribution >= 4 is 16.8 Å². The number of halogens is 1. The molecule has 0 aliphatic rings. The Kier molecular flexibility index (Phi) is 6.26. The third-order valence-corrected chi connectivity index (χ3v) is 5.14. The molecule has 7 heteroatoms. The maximum atomic E-state index is 14.2. The summed E-state index contributed by atoms with van der Waals surface area (Å²) in [6.45, 7) is 2.07. The summed E-state index contributed by atoms with van der Waals surface area (Å²) < 4.78 is 21.3. The Morgan fingerprint density at radius 1 is 1.09 bits per heavy atom. The van der Waals surface area contributed by atoms with Crippen molar-refractivity contribution in [1.82, 2.24) is 14.9 Å². The van der Waals surface area contributed by atoms with Crippen molar-refractivity contribution in [3.8, 4) is 5.75 Å². The summed E-state index contributed by atoms with van der Waals surface area (Å²) in [7, 11) is 0. The first kappa shape index (κ1) is 21.2. The summed E-state index contributed by atoms with van der Waals surface area (Å²) in [5.41, 5.74) is 2.36. The van der Waals surface area contributed by atoms with Crippen molar-refractivity contribution in [2.75, 3.05) is 6.61 Å². The van der Waals surface area contributed by atoms with Crippen LogP contribution >= 0.6 is 0 Å². The number of ether oxygens (including phenoxy) is 1. The highest BCUT2D eigenvalue weighted by Crippen LogP contribution is 2.23. The number of amides is 1. The number of nitrogens with zero attached hydrogens (tertiary/aromatic N) is 2. The third kappa shape index (κ3) is 4.83. The van der Waals surface area contributed by atoms with Gasteiger partial charge in [-0.05, 0) is 42.8 Å². The predicted molar refractivity (Wildman–Crippen MR) is 120 cm³/mol. The smallest absolute Gasteiger partial charge is 0.258 e. The zero-order chi connectivity index (χ0) is 22.5. The van der Waals surface area contributed by atoms with Crippen LogP contribution in [-0.2, 0) is 17.9 Å². The van der Waals surface area contributed by atoms with E-state index >= 15 is 0 Å². The Labute approximate surface area is 184 Å². The van der Waals surface area contributed by atoms with Crippen molar-refractivity contribution in [2.45, 2.75) is 20.0 Å². The van der Waals surface area contributed by atoms with E-state index in [-0.39, 0.29) is 30.4 Å². The second-order valence-corrected chi connectivity index (χ2v) is 7.41. The lowest BCUT2D eigenvalue weighted by atomic mass is 10.1. The van der Waals surface area contributed by atoms with Crippen LogP contribution in [0.25, 0.3) is 10.9 Å². The summed E-state index contributed by atoms with van der Waals surface area (Å²) in [6, 6.07) is 18.7. The minimum absolute atomic E-state index is 0.0936. The SMILES string of the molecule is Cc1cc(=O)n(Cc2ccccc2F)c2cc(OCC(=O)NCc3ccccn3)ccc12. The molecule has 4 rings (SSSR count). The molecule has 162 valence electrons. The van der Waals surface area contributed by atoms with Gasteiger partial charge in [-0.15, -0.1) is 0 Å². The zero-order valence-electron chi connectivity index (χ0n) is 17.5. The van der Waals surface area contributed by atoms with E-state index in [1.807, 2.05) is 31.2 Å². The number of aryl methyl sites for hydroxylation is 1. The van der Waals surface area contributed by atoms with Crippen LogP contribution in [-0.4, -0.2) is 22.1 Å². The Bertz CT molecular complexity index is 1320. The van der Waals surface area contributed by atoms with Crippen LogP contribution in [0, 0.1) is 12.7 Å². The van der Waals surface area contributed by atoms with Crippen molar-refractivity contribution in [3.63, 3.8) is 0 Å². The molecule has 0 saturated carbocycles. The minimum Gasteiger partial charge on any atom is -0.484 e. The number of rotatable bonds is 7. The highest BCUT2D eigenvalue weighted by atomic mass is 19.1. The maximum absolute atomic E-state index is 14.2. The maximum Gasteiger partial charge on any atom is 0.258 e. The monoisotopic (exact) mass is 431 g/mol. The fourth-order valence-electron chi connectivity index (χ4n) is 3.47. The quantitative estimate of drug-likeness (QED) is 0.485. The normalized spacial score (nSPS) is 10.8. The summed E-state index contributed by atoms with van der Waals surface area (Å²) in [4.78, 5) is 29.0.